The first-order valence-corrected chi connectivity index (χ1v) is 9.66. The Morgan fingerprint density at radius 1 is 1.11 bits per heavy atom. The average molecular weight is 383 g/mol. The van der Waals surface area contributed by atoms with Crippen molar-refractivity contribution in [3.63, 3.8) is 0 Å². The number of likely N-dealkylation sites (N-methyl/N-ethyl adjacent to an activating group) is 1. The second-order valence-electron chi connectivity index (χ2n) is 7.20. The lowest BCUT2D eigenvalue weighted by Gasteiger charge is -2.37. The third kappa shape index (κ3) is 4.13. The minimum absolute atomic E-state index is 0.126. The number of amides is 1. The van der Waals surface area contributed by atoms with E-state index in [2.05, 4.69) is 20.1 Å². The SMILES string of the molecule is CN(CCc1ccncc1)C(=O)c1ccc(N2CCC3(CC2)OCCO3)nn1. The molecule has 148 valence electrons. The van der Waals surface area contributed by atoms with E-state index in [9.17, 15) is 4.79 Å². The van der Waals surface area contributed by atoms with Gasteiger partial charge in [0.15, 0.2) is 17.3 Å². The maximum Gasteiger partial charge on any atom is 0.274 e. The van der Waals surface area contributed by atoms with Gasteiger partial charge in [-0.3, -0.25) is 9.78 Å². The predicted octanol–water partition coefficient (Wildman–Crippen LogP) is 1.53. The van der Waals surface area contributed by atoms with Gasteiger partial charge < -0.3 is 19.3 Å². The van der Waals surface area contributed by atoms with Crippen LogP contribution < -0.4 is 4.90 Å². The zero-order chi connectivity index (χ0) is 19.4. The molecule has 0 N–H and O–H groups in total. The van der Waals surface area contributed by atoms with E-state index in [1.54, 1.807) is 30.4 Å². The van der Waals surface area contributed by atoms with Crippen LogP contribution in [0.4, 0.5) is 5.82 Å². The first-order valence-electron chi connectivity index (χ1n) is 9.66. The average Bonchev–Trinajstić information content (AvgIpc) is 3.21. The van der Waals surface area contributed by atoms with Gasteiger partial charge >= 0.3 is 0 Å². The molecular weight excluding hydrogens is 358 g/mol. The lowest BCUT2D eigenvalue weighted by molar-refractivity contribution is -0.169. The van der Waals surface area contributed by atoms with Gasteiger partial charge in [0, 0.05) is 51.9 Å². The molecular formula is C20H25N5O3. The third-order valence-electron chi connectivity index (χ3n) is 5.36. The van der Waals surface area contributed by atoms with E-state index in [0.29, 0.717) is 25.5 Å². The first-order chi connectivity index (χ1) is 13.7. The molecule has 8 nitrogen and oxygen atoms in total. The molecule has 4 rings (SSSR count). The summed E-state index contributed by atoms with van der Waals surface area (Å²) in [4.78, 5) is 20.4. The normalized spacial score (nSPS) is 18.4. The summed E-state index contributed by atoms with van der Waals surface area (Å²) in [6.45, 7) is 3.55. The Morgan fingerprint density at radius 3 is 2.46 bits per heavy atom. The van der Waals surface area contributed by atoms with Gasteiger partial charge in [-0.1, -0.05) is 0 Å². The Morgan fingerprint density at radius 2 is 1.82 bits per heavy atom. The van der Waals surface area contributed by atoms with Gasteiger partial charge in [0.2, 0.25) is 0 Å². The number of carbonyl (C=O) groups excluding carboxylic acids is 1. The van der Waals surface area contributed by atoms with Crippen molar-refractivity contribution < 1.29 is 14.3 Å². The summed E-state index contributed by atoms with van der Waals surface area (Å²) in [7, 11) is 1.78. The molecule has 2 aromatic heterocycles. The number of pyridine rings is 1. The van der Waals surface area contributed by atoms with E-state index in [1.165, 1.54) is 0 Å². The molecule has 2 aromatic rings. The predicted molar refractivity (Wildman–Crippen MR) is 103 cm³/mol. The van der Waals surface area contributed by atoms with Crippen LogP contribution in [0, 0.1) is 0 Å². The lowest BCUT2D eigenvalue weighted by atomic mass is 10.0. The van der Waals surface area contributed by atoms with Crippen LogP contribution >= 0.6 is 0 Å². The van der Waals surface area contributed by atoms with Crippen molar-refractivity contribution in [1.82, 2.24) is 20.1 Å². The summed E-state index contributed by atoms with van der Waals surface area (Å²) in [5.41, 5.74) is 1.51. The molecule has 0 aromatic carbocycles. The third-order valence-corrected chi connectivity index (χ3v) is 5.36. The van der Waals surface area contributed by atoms with E-state index < -0.39 is 5.79 Å². The Kier molecular flexibility index (Phi) is 5.50. The highest BCUT2D eigenvalue weighted by atomic mass is 16.7. The zero-order valence-electron chi connectivity index (χ0n) is 16.1. The van der Waals surface area contributed by atoms with Gasteiger partial charge in [0.25, 0.3) is 5.91 Å². The minimum atomic E-state index is -0.405. The molecule has 2 aliphatic heterocycles. The van der Waals surface area contributed by atoms with Crippen LogP contribution in [0.15, 0.2) is 36.7 Å². The van der Waals surface area contributed by atoms with Gasteiger partial charge in [0.1, 0.15) is 0 Å². The van der Waals surface area contributed by atoms with Crippen LogP contribution in [0.2, 0.25) is 0 Å². The van der Waals surface area contributed by atoms with Crippen molar-refractivity contribution in [2.75, 3.05) is 44.8 Å². The number of nitrogens with zero attached hydrogens (tertiary/aromatic N) is 5. The molecule has 0 saturated carbocycles. The molecule has 2 aliphatic rings. The molecule has 0 aliphatic carbocycles. The summed E-state index contributed by atoms with van der Waals surface area (Å²) in [6, 6.07) is 7.53. The molecule has 2 saturated heterocycles. The van der Waals surface area contributed by atoms with Crippen molar-refractivity contribution in [3.05, 3.63) is 47.9 Å². The fraction of sp³-hybridized carbons (Fsp3) is 0.500. The monoisotopic (exact) mass is 383 g/mol. The van der Waals surface area contributed by atoms with E-state index in [0.717, 1.165) is 43.7 Å². The number of hydrogen-bond donors (Lipinski definition) is 0. The van der Waals surface area contributed by atoms with E-state index in [4.69, 9.17) is 9.47 Å². The largest absolute Gasteiger partial charge is 0.355 e. The number of anilines is 1. The molecule has 0 unspecified atom stereocenters. The number of aromatic nitrogens is 3. The quantitative estimate of drug-likeness (QED) is 0.774. The maximum atomic E-state index is 12.6. The Bertz CT molecular complexity index is 783. The number of rotatable bonds is 5. The molecule has 28 heavy (non-hydrogen) atoms. The van der Waals surface area contributed by atoms with Crippen molar-refractivity contribution in [1.29, 1.82) is 0 Å². The van der Waals surface area contributed by atoms with E-state index >= 15 is 0 Å². The molecule has 0 radical (unpaired) electrons. The number of piperidine rings is 1. The van der Waals surface area contributed by atoms with Gasteiger partial charge in [-0.05, 0) is 36.2 Å². The molecule has 1 spiro atoms. The highest BCUT2D eigenvalue weighted by Gasteiger charge is 2.40. The molecule has 2 fully saturated rings. The van der Waals surface area contributed by atoms with Crippen LogP contribution in [-0.4, -0.2) is 71.7 Å². The summed E-state index contributed by atoms with van der Waals surface area (Å²) < 4.78 is 11.5. The van der Waals surface area contributed by atoms with Crippen LogP contribution in [0.5, 0.6) is 0 Å². The van der Waals surface area contributed by atoms with Gasteiger partial charge in [-0.25, -0.2) is 0 Å². The van der Waals surface area contributed by atoms with Gasteiger partial charge in [-0.2, -0.15) is 0 Å². The first kappa shape index (κ1) is 18.8. The van der Waals surface area contributed by atoms with Crippen molar-refractivity contribution in [3.8, 4) is 0 Å². The molecule has 1 amide bonds. The van der Waals surface area contributed by atoms with Crippen LogP contribution in [0.1, 0.15) is 28.9 Å². The molecule has 0 bridgehead atoms. The summed E-state index contributed by atoms with van der Waals surface area (Å²) in [5, 5.41) is 8.44. The molecule has 4 heterocycles. The fourth-order valence-corrected chi connectivity index (χ4v) is 3.61. The smallest absolute Gasteiger partial charge is 0.274 e. The highest BCUT2D eigenvalue weighted by molar-refractivity contribution is 5.92. The maximum absolute atomic E-state index is 12.6. The van der Waals surface area contributed by atoms with Crippen molar-refractivity contribution in [2.45, 2.75) is 25.0 Å². The van der Waals surface area contributed by atoms with Crippen molar-refractivity contribution >= 4 is 11.7 Å². The van der Waals surface area contributed by atoms with Crippen molar-refractivity contribution in [2.24, 2.45) is 0 Å². The highest BCUT2D eigenvalue weighted by Crippen LogP contribution is 2.32. The zero-order valence-corrected chi connectivity index (χ0v) is 16.1. The van der Waals surface area contributed by atoms with Gasteiger partial charge in [-0.15, -0.1) is 10.2 Å². The lowest BCUT2D eigenvalue weighted by Crippen LogP contribution is -2.45. The second-order valence-corrected chi connectivity index (χ2v) is 7.20. The van der Waals surface area contributed by atoms with Crippen LogP contribution in [0.3, 0.4) is 0 Å². The van der Waals surface area contributed by atoms with Crippen LogP contribution in [-0.2, 0) is 15.9 Å². The van der Waals surface area contributed by atoms with E-state index in [1.807, 2.05) is 18.2 Å². The molecule has 8 heteroatoms. The van der Waals surface area contributed by atoms with Crippen LogP contribution in [0.25, 0.3) is 0 Å². The fourth-order valence-electron chi connectivity index (χ4n) is 3.61. The summed E-state index contributed by atoms with van der Waals surface area (Å²) >= 11 is 0. The molecule has 0 atom stereocenters. The minimum Gasteiger partial charge on any atom is -0.355 e. The van der Waals surface area contributed by atoms with Gasteiger partial charge in [0.05, 0.1) is 13.2 Å². The second kappa shape index (κ2) is 8.20. The topological polar surface area (TPSA) is 80.7 Å². The van der Waals surface area contributed by atoms with E-state index in [-0.39, 0.29) is 5.91 Å². The standard InChI is InChI=1S/C20H25N5O3/c1-24(11-6-16-4-9-21-10-5-16)19(26)17-2-3-18(23-22-17)25-12-7-20(8-13-25)27-14-15-28-20/h2-5,9-10H,6-8,11-15H2,1H3. The Hall–Kier alpha value is -2.58. The Balaban J connectivity index is 1.31. The Labute approximate surface area is 164 Å². The number of hydrogen-bond acceptors (Lipinski definition) is 7. The summed E-state index contributed by atoms with van der Waals surface area (Å²) in [6.07, 6.45) is 5.92. The number of carbonyl (C=O) groups is 1. The number of ether oxygens (including phenoxy) is 2. The summed E-state index contributed by atoms with van der Waals surface area (Å²) in [5.74, 6) is 0.250.